The molecule has 0 aromatic heterocycles. The third-order valence-electron chi connectivity index (χ3n) is 4.89. The Morgan fingerprint density at radius 1 is 1.31 bits per heavy atom. The van der Waals surface area contributed by atoms with Gasteiger partial charge in [-0.05, 0) is 37.3 Å². The van der Waals surface area contributed by atoms with Crippen molar-refractivity contribution in [3.63, 3.8) is 0 Å². The maximum atomic E-state index is 14.1. The van der Waals surface area contributed by atoms with Crippen LogP contribution in [0.4, 0.5) is 15.8 Å². The van der Waals surface area contributed by atoms with Crippen molar-refractivity contribution in [2.75, 3.05) is 23.6 Å². The average Bonchev–Trinajstić information content (AvgIpc) is 3.04. The summed E-state index contributed by atoms with van der Waals surface area (Å²) >= 11 is 0. The molecule has 2 amide bonds. The zero-order chi connectivity index (χ0) is 22.8. The topological polar surface area (TPSA) is 127 Å². The first kappa shape index (κ1) is 21.2. The van der Waals surface area contributed by atoms with Crippen molar-refractivity contribution in [2.24, 2.45) is 5.16 Å². The molecule has 0 bridgehead atoms. The zero-order valence-corrected chi connectivity index (χ0v) is 16.9. The van der Waals surface area contributed by atoms with Gasteiger partial charge in [0.15, 0.2) is 12.5 Å². The van der Waals surface area contributed by atoms with Crippen LogP contribution in [0.15, 0.2) is 35.5 Å². The molecule has 2 aliphatic rings. The molecular weight excluding hydrogens is 425 g/mol. The molecule has 0 radical (unpaired) electrons. The Kier molecular flexibility index (Phi) is 5.73. The lowest BCUT2D eigenvalue weighted by molar-refractivity contribution is -0.152. The maximum absolute atomic E-state index is 14.1. The number of nitrogens with one attached hydrogen (secondary N) is 1. The van der Waals surface area contributed by atoms with E-state index in [-0.39, 0.29) is 38.0 Å². The summed E-state index contributed by atoms with van der Waals surface area (Å²) in [5.74, 6) is -2.77. The van der Waals surface area contributed by atoms with Crippen LogP contribution in [-0.2, 0) is 37.0 Å². The van der Waals surface area contributed by atoms with Crippen LogP contribution in [0.1, 0.15) is 23.6 Å². The Bertz CT molecular complexity index is 1150. The molecule has 32 heavy (non-hydrogen) atoms. The van der Waals surface area contributed by atoms with E-state index in [1.165, 1.54) is 35.2 Å². The number of hydrogen-bond acceptors (Lipinski definition) is 8. The summed E-state index contributed by atoms with van der Waals surface area (Å²) in [5, 5.41) is 14.8. The van der Waals surface area contributed by atoms with Gasteiger partial charge >= 0.3 is 11.9 Å². The van der Waals surface area contributed by atoms with E-state index in [2.05, 4.69) is 15.2 Å². The van der Waals surface area contributed by atoms with Crippen LogP contribution >= 0.6 is 0 Å². The summed E-state index contributed by atoms with van der Waals surface area (Å²) in [5.41, 5.74) is 1.51. The minimum atomic E-state index is -1.05. The Morgan fingerprint density at radius 3 is 2.88 bits per heavy atom. The van der Waals surface area contributed by atoms with Gasteiger partial charge in [-0.1, -0.05) is 5.16 Å². The van der Waals surface area contributed by atoms with Gasteiger partial charge in [-0.15, -0.1) is 0 Å². The lowest BCUT2D eigenvalue weighted by Gasteiger charge is -2.24. The highest BCUT2D eigenvalue weighted by Crippen LogP contribution is 2.36. The summed E-state index contributed by atoms with van der Waals surface area (Å²) in [6.07, 6.45) is 0. The number of carbonyl (C=O) groups is 3. The number of carbonyl (C=O) groups excluding carboxylic acids is 3. The number of nitrogens with zero attached hydrogens (tertiary/aromatic N) is 2. The summed E-state index contributed by atoms with van der Waals surface area (Å²) < 4.78 is 29.5. The number of rotatable bonds is 4. The van der Waals surface area contributed by atoms with Gasteiger partial charge in [0.2, 0.25) is 0 Å². The van der Waals surface area contributed by atoms with Gasteiger partial charge in [0, 0.05) is 22.4 Å². The monoisotopic (exact) mass is 443 g/mol. The molecule has 0 fully saturated rings. The molecule has 2 aromatic rings. The molecule has 0 saturated carbocycles. The molecule has 10 nitrogen and oxygen atoms in total. The van der Waals surface area contributed by atoms with E-state index in [0.29, 0.717) is 28.1 Å². The highest BCUT2D eigenvalue weighted by atomic mass is 19.1. The number of oxime groups is 1. The van der Waals surface area contributed by atoms with Crippen LogP contribution in [0, 0.1) is 5.82 Å². The molecule has 11 heteroatoms. The smallest absolute Gasteiger partial charge is 0.397 e. The molecule has 0 saturated heterocycles. The van der Waals surface area contributed by atoms with Crippen molar-refractivity contribution >= 4 is 34.9 Å². The first-order valence-electron chi connectivity index (χ1n) is 9.61. The molecule has 0 unspecified atom stereocenters. The standard InChI is InChI=1S/C21H18FN3O7/c1-2-31-21(28)19(26)23-14-3-4-15-16(7-14)25(20(27)17(15)24-29)8-11-5-13(22)6-12-9-30-10-32-18(11)12/h3-7,29H,2,8-10H2,1H3,(H,23,26)/b24-17-. The molecule has 166 valence electrons. The Morgan fingerprint density at radius 2 is 2.12 bits per heavy atom. The third kappa shape index (κ3) is 3.85. The average molecular weight is 443 g/mol. The fourth-order valence-electron chi connectivity index (χ4n) is 3.56. The number of ether oxygens (including phenoxy) is 3. The van der Waals surface area contributed by atoms with E-state index < -0.39 is 23.6 Å². The van der Waals surface area contributed by atoms with Gasteiger partial charge in [-0.25, -0.2) is 9.18 Å². The van der Waals surface area contributed by atoms with Crippen molar-refractivity contribution in [2.45, 2.75) is 20.1 Å². The fraction of sp³-hybridized carbons (Fsp3) is 0.238. The van der Waals surface area contributed by atoms with Gasteiger partial charge in [0.1, 0.15) is 11.6 Å². The normalized spacial score (nSPS) is 15.8. The Hall–Kier alpha value is -3.99. The van der Waals surface area contributed by atoms with Crippen molar-refractivity contribution < 1.29 is 38.2 Å². The minimum Gasteiger partial charge on any atom is -0.467 e. The zero-order valence-electron chi connectivity index (χ0n) is 16.9. The largest absolute Gasteiger partial charge is 0.467 e. The molecule has 0 aliphatic carbocycles. The summed E-state index contributed by atoms with van der Waals surface area (Å²) in [7, 11) is 0. The van der Waals surface area contributed by atoms with Crippen LogP contribution in [0.2, 0.25) is 0 Å². The number of benzene rings is 2. The highest BCUT2D eigenvalue weighted by molar-refractivity contribution is 6.54. The predicted octanol–water partition coefficient (Wildman–Crippen LogP) is 1.92. The third-order valence-corrected chi connectivity index (χ3v) is 4.89. The van der Waals surface area contributed by atoms with E-state index >= 15 is 0 Å². The van der Waals surface area contributed by atoms with Crippen molar-refractivity contribution in [1.82, 2.24) is 0 Å². The molecule has 2 N–H and O–H groups in total. The number of amides is 2. The van der Waals surface area contributed by atoms with E-state index in [0.717, 1.165) is 0 Å². The summed E-state index contributed by atoms with van der Waals surface area (Å²) in [6, 6.07) is 6.90. The Balaban J connectivity index is 1.68. The number of fused-ring (bicyclic) bond motifs is 2. The molecular formula is C21H18FN3O7. The maximum Gasteiger partial charge on any atom is 0.397 e. The number of hydrogen-bond donors (Lipinski definition) is 2. The second-order valence-corrected chi connectivity index (χ2v) is 6.91. The fourth-order valence-corrected chi connectivity index (χ4v) is 3.56. The first-order chi connectivity index (χ1) is 15.4. The number of halogens is 1. The molecule has 0 spiro atoms. The first-order valence-corrected chi connectivity index (χ1v) is 9.61. The van der Waals surface area contributed by atoms with Gasteiger partial charge in [-0.3, -0.25) is 9.59 Å². The van der Waals surface area contributed by atoms with Gasteiger partial charge in [-0.2, -0.15) is 0 Å². The van der Waals surface area contributed by atoms with Crippen LogP contribution in [-0.4, -0.2) is 42.1 Å². The molecule has 2 heterocycles. The van der Waals surface area contributed by atoms with Crippen LogP contribution in [0.3, 0.4) is 0 Å². The van der Waals surface area contributed by atoms with Crippen molar-refractivity contribution in [3.8, 4) is 5.75 Å². The Labute approximate surface area is 181 Å². The molecule has 4 rings (SSSR count). The lowest BCUT2D eigenvalue weighted by atomic mass is 10.1. The second-order valence-electron chi connectivity index (χ2n) is 6.91. The van der Waals surface area contributed by atoms with Crippen molar-refractivity contribution in [1.29, 1.82) is 0 Å². The lowest BCUT2D eigenvalue weighted by Crippen LogP contribution is -2.30. The quantitative estimate of drug-likeness (QED) is 0.320. The van der Waals surface area contributed by atoms with Crippen molar-refractivity contribution in [3.05, 3.63) is 52.8 Å². The van der Waals surface area contributed by atoms with E-state index in [1.807, 2.05) is 0 Å². The van der Waals surface area contributed by atoms with E-state index in [4.69, 9.17) is 9.47 Å². The highest BCUT2D eigenvalue weighted by Gasteiger charge is 2.36. The number of anilines is 2. The SMILES string of the molecule is CCOC(=O)C(=O)Nc1ccc2c(c1)N(Cc1cc(F)cc3c1OCOC3)C(=O)/C2=N\O. The van der Waals surface area contributed by atoms with Crippen LogP contribution in [0.5, 0.6) is 5.75 Å². The van der Waals surface area contributed by atoms with E-state index in [9.17, 15) is 24.0 Å². The molecule has 2 aliphatic heterocycles. The summed E-state index contributed by atoms with van der Waals surface area (Å²) in [6.45, 7) is 1.67. The number of esters is 1. The van der Waals surface area contributed by atoms with Crippen LogP contribution < -0.4 is 15.0 Å². The van der Waals surface area contributed by atoms with Gasteiger partial charge < -0.3 is 29.6 Å². The minimum absolute atomic E-state index is 0.0104. The molecule has 0 atom stereocenters. The summed E-state index contributed by atoms with van der Waals surface area (Å²) in [4.78, 5) is 37.7. The van der Waals surface area contributed by atoms with Gasteiger partial charge in [0.25, 0.3) is 5.91 Å². The second kappa shape index (κ2) is 8.63. The molecule has 2 aromatic carbocycles. The predicted molar refractivity (Wildman–Crippen MR) is 108 cm³/mol. The van der Waals surface area contributed by atoms with Gasteiger partial charge in [0.05, 0.1) is 25.4 Å². The van der Waals surface area contributed by atoms with Crippen LogP contribution in [0.25, 0.3) is 0 Å². The van der Waals surface area contributed by atoms with E-state index in [1.54, 1.807) is 6.92 Å².